The van der Waals surface area contributed by atoms with Gasteiger partial charge in [-0.3, -0.25) is 0 Å². The average molecular weight is 324 g/mol. The molecule has 4 nitrogen and oxygen atoms in total. The Bertz CT molecular complexity index is 619. The lowest BCUT2D eigenvalue weighted by molar-refractivity contribution is 0.0695. The number of anilines is 1. The molecule has 2 aromatic rings. The van der Waals surface area contributed by atoms with E-state index < -0.39 is 5.97 Å². The van der Waals surface area contributed by atoms with Crippen molar-refractivity contribution in [2.24, 2.45) is 0 Å². The summed E-state index contributed by atoms with van der Waals surface area (Å²) in [5.74, 6) is 0.0654. The molecular weight excluding hydrogens is 310 g/mol. The Balaban J connectivity index is 2.12. The molecule has 5 heteroatoms. The van der Waals surface area contributed by atoms with Crippen molar-refractivity contribution in [2.75, 3.05) is 5.32 Å². The summed E-state index contributed by atoms with van der Waals surface area (Å²) in [4.78, 5) is 10.9. The summed E-state index contributed by atoms with van der Waals surface area (Å²) in [5.41, 5.74) is 2.31. The van der Waals surface area contributed by atoms with Gasteiger partial charge in [-0.25, -0.2) is 4.79 Å². The van der Waals surface area contributed by atoms with Crippen LogP contribution in [-0.2, 0) is 6.54 Å². The highest BCUT2D eigenvalue weighted by molar-refractivity contribution is 9.10. The molecule has 0 aliphatic rings. The van der Waals surface area contributed by atoms with Crippen LogP contribution in [0.1, 0.15) is 27.4 Å². The largest absolute Gasteiger partial charge is 0.478 e. The molecule has 19 heavy (non-hydrogen) atoms. The van der Waals surface area contributed by atoms with Crippen LogP contribution in [0.25, 0.3) is 0 Å². The molecule has 0 atom stereocenters. The summed E-state index contributed by atoms with van der Waals surface area (Å²) in [7, 11) is 0. The summed E-state index contributed by atoms with van der Waals surface area (Å²) in [6.07, 6.45) is 0. The van der Waals surface area contributed by atoms with Crippen molar-refractivity contribution < 1.29 is 14.3 Å². The molecule has 0 radical (unpaired) electrons. The molecule has 2 N–H and O–H groups in total. The Morgan fingerprint density at radius 2 is 2.11 bits per heavy atom. The number of aryl methyl sites for hydroxylation is 2. The quantitative estimate of drug-likeness (QED) is 0.893. The van der Waals surface area contributed by atoms with Gasteiger partial charge in [0.2, 0.25) is 0 Å². The molecule has 0 saturated carbocycles. The maximum atomic E-state index is 10.9. The van der Waals surface area contributed by atoms with Crippen LogP contribution in [0.15, 0.2) is 33.2 Å². The van der Waals surface area contributed by atoms with Crippen LogP contribution in [-0.4, -0.2) is 11.1 Å². The van der Waals surface area contributed by atoms with Gasteiger partial charge in [-0.2, -0.15) is 0 Å². The number of carboxylic acids is 1. The first kappa shape index (κ1) is 13.7. The van der Waals surface area contributed by atoms with Crippen LogP contribution < -0.4 is 5.32 Å². The second kappa shape index (κ2) is 5.48. The fourth-order valence-electron chi connectivity index (χ4n) is 1.81. The van der Waals surface area contributed by atoms with Crippen LogP contribution in [0, 0.1) is 13.8 Å². The topological polar surface area (TPSA) is 62.5 Å². The third kappa shape index (κ3) is 3.17. The van der Waals surface area contributed by atoms with Crippen molar-refractivity contribution in [1.82, 2.24) is 0 Å². The fraction of sp³-hybridized carbons (Fsp3) is 0.214. The predicted molar refractivity (Wildman–Crippen MR) is 76.6 cm³/mol. The van der Waals surface area contributed by atoms with Crippen molar-refractivity contribution in [3.8, 4) is 0 Å². The molecule has 1 aromatic carbocycles. The normalized spacial score (nSPS) is 10.5. The number of carbonyl (C=O) groups is 1. The molecule has 0 spiro atoms. The molecule has 1 heterocycles. The van der Waals surface area contributed by atoms with Crippen LogP contribution in [0.4, 0.5) is 5.69 Å². The Labute approximate surface area is 119 Å². The predicted octanol–water partition coefficient (Wildman–Crippen LogP) is 3.97. The third-order valence-electron chi connectivity index (χ3n) is 2.85. The first-order valence-corrected chi connectivity index (χ1v) is 6.59. The molecule has 2 rings (SSSR count). The highest BCUT2D eigenvalue weighted by atomic mass is 79.9. The summed E-state index contributed by atoms with van der Waals surface area (Å²) in [6.45, 7) is 4.10. The van der Waals surface area contributed by atoms with Crippen molar-refractivity contribution >= 4 is 27.6 Å². The summed E-state index contributed by atoms with van der Waals surface area (Å²) < 4.78 is 6.40. The van der Waals surface area contributed by atoms with Crippen LogP contribution >= 0.6 is 15.9 Å². The number of nitrogens with one attached hydrogen (secondary N) is 1. The Kier molecular flexibility index (Phi) is 3.95. The van der Waals surface area contributed by atoms with Gasteiger partial charge in [0.05, 0.1) is 6.54 Å². The number of halogens is 1. The minimum atomic E-state index is -0.967. The van der Waals surface area contributed by atoms with E-state index in [0.29, 0.717) is 18.1 Å². The highest BCUT2D eigenvalue weighted by Crippen LogP contribution is 2.22. The lowest BCUT2D eigenvalue weighted by atomic mass is 10.2. The van der Waals surface area contributed by atoms with Crippen molar-refractivity contribution in [3.05, 3.63) is 51.4 Å². The zero-order valence-corrected chi connectivity index (χ0v) is 12.2. The number of furan rings is 1. The van der Waals surface area contributed by atoms with Gasteiger partial charge in [-0.1, -0.05) is 22.0 Å². The van der Waals surface area contributed by atoms with E-state index in [4.69, 9.17) is 9.52 Å². The Hall–Kier alpha value is -1.75. The van der Waals surface area contributed by atoms with E-state index in [9.17, 15) is 4.79 Å². The second-order valence-electron chi connectivity index (χ2n) is 4.30. The number of hydrogen-bond donors (Lipinski definition) is 2. The van der Waals surface area contributed by atoms with Gasteiger partial charge in [0.15, 0.2) is 0 Å². The number of hydrogen-bond acceptors (Lipinski definition) is 3. The van der Waals surface area contributed by atoms with E-state index in [1.54, 1.807) is 13.0 Å². The highest BCUT2D eigenvalue weighted by Gasteiger charge is 2.13. The van der Waals surface area contributed by atoms with Gasteiger partial charge >= 0.3 is 5.97 Å². The van der Waals surface area contributed by atoms with Gasteiger partial charge in [-0.05, 0) is 37.6 Å². The lowest BCUT2D eigenvalue weighted by Crippen LogP contribution is -2.00. The van der Waals surface area contributed by atoms with E-state index in [1.165, 1.54) is 0 Å². The number of benzene rings is 1. The summed E-state index contributed by atoms with van der Waals surface area (Å²) >= 11 is 3.42. The van der Waals surface area contributed by atoms with Gasteiger partial charge in [0.25, 0.3) is 0 Å². The number of aromatic carboxylic acids is 1. The Morgan fingerprint density at radius 3 is 2.74 bits per heavy atom. The van der Waals surface area contributed by atoms with E-state index >= 15 is 0 Å². The molecule has 0 unspecified atom stereocenters. The first-order valence-electron chi connectivity index (χ1n) is 5.80. The fourth-order valence-corrected chi connectivity index (χ4v) is 2.17. The maximum absolute atomic E-state index is 10.9. The van der Waals surface area contributed by atoms with E-state index in [1.807, 2.05) is 25.1 Å². The first-order chi connectivity index (χ1) is 8.97. The lowest BCUT2D eigenvalue weighted by Gasteiger charge is -2.08. The van der Waals surface area contributed by atoms with Crippen molar-refractivity contribution in [1.29, 1.82) is 0 Å². The Morgan fingerprint density at radius 1 is 1.37 bits per heavy atom. The molecule has 0 saturated heterocycles. The van der Waals surface area contributed by atoms with E-state index in [-0.39, 0.29) is 5.56 Å². The molecule has 100 valence electrons. The van der Waals surface area contributed by atoms with Crippen LogP contribution in [0.3, 0.4) is 0 Å². The minimum absolute atomic E-state index is 0.211. The number of carboxylic acid groups (broad SMARTS) is 1. The zero-order chi connectivity index (χ0) is 14.0. The number of rotatable bonds is 4. The molecular formula is C14H14BrNO3. The monoisotopic (exact) mass is 323 g/mol. The average Bonchev–Trinajstić information content (AvgIpc) is 2.72. The minimum Gasteiger partial charge on any atom is -0.478 e. The molecule has 0 amide bonds. The van der Waals surface area contributed by atoms with E-state index in [0.717, 1.165) is 15.7 Å². The van der Waals surface area contributed by atoms with Crippen LogP contribution in [0.5, 0.6) is 0 Å². The molecule has 1 aromatic heterocycles. The van der Waals surface area contributed by atoms with Gasteiger partial charge in [0.1, 0.15) is 17.1 Å². The van der Waals surface area contributed by atoms with Crippen molar-refractivity contribution in [2.45, 2.75) is 20.4 Å². The smallest absolute Gasteiger partial charge is 0.339 e. The van der Waals surface area contributed by atoms with Gasteiger partial charge in [-0.15, -0.1) is 0 Å². The summed E-state index contributed by atoms with van der Waals surface area (Å²) in [6, 6.07) is 7.50. The van der Waals surface area contributed by atoms with Crippen molar-refractivity contribution in [3.63, 3.8) is 0 Å². The second-order valence-corrected chi connectivity index (χ2v) is 5.22. The van der Waals surface area contributed by atoms with Gasteiger partial charge in [0, 0.05) is 10.2 Å². The SMILES string of the molecule is Cc1ccc(Br)cc1NCc1cc(C(=O)O)c(C)o1. The van der Waals surface area contributed by atoms with Gasteiger partial charge < -0.3 is 14.8 Å². The standard InChI is InChI=1S/C14H14BrNO3/c1-8-3-4-10(15)5-13(8)16-7-11-6-12(14(17)18)9(2)19-11/h3-6,16H,7H2,1-2H3,(H,17,18). The molecule has 0 bridgehead atoms. The third-order valence-corrected chi connectivity index (χ3v) is 3.35. The van der Waals surface area contributed by atoms with E-state index in [2.05, 4.69) is 21.2 Å². The van der Waals surface area contributed by atoms with Crippen LogP contribution in [0.2, 0.25) is 0 Å². The zero-order valence-electron chi connectivity index (χ0n) is 10.7. The maximum Gasteiger partial charge on any atom is 0.339 e. The molecule has 0 fully saturated rings. The summed E-state index contributed by atoms with van der Waals surface area (Å²) in [5, 5.41) is 12.2. The molecule has 0 aliphatic heterocycles. The molecule has 0 aliphatic carbocycles.